The molecule has 2 heterocycles. The molecule has 0 amide bonds. The third kappa shape index (κ3) is 2.23. The molecule has 1 aromatic heterocycles. The van der Waals surface area contributed by atoms with Gasteiger partial charge >= 0.3 is 0 Å². The topological polar surface area (TPSA) is 28.2 Å². The Morgan fingerprint density at radius 1 is 1.40 bits per heavy atom. The van der Waals surface area contributed by atoms with Gasteiger partial charge in [0.15, 0.2) is 0 Å². The SMILES string of the molecule is CNC(C)c1sc(-c2ccc3c(c2)CCN3C)nc1C. The lowest BCUT2D eigenvalue weighted by Gasteiger charge is -2.11. The molecule has 0 fully saturated rings. The second-order valence-corrected chi connectivity index (χ2v) is 6.52. The van der Waals surface area contributed by atoms with Crippen LogP contribution in [-0.2, 0) is 6.42 Å². The van der Waals surface area contributed by atoms with Crippen LogP contribution in [0.4, 0.5) is 5.69 Å². The van der Waals surface area contributed by atoms with Crippen molar-refractivity contribution >= 4 is 17.0 Å². The van der Waals surface area contributed by atoms with Gasteiger partial charge in [-0.3, -0.25) is 0 Å². The molecule has 1 unspecified atom stereocenters. The van der Waals surface area contributed by atoms with Crippen LogP contribution in [0.2, 0.25) is 0 Å². The van der Waals surface area contributed by atoms with Gasteiger partial charge in [-0.2, -0.15) is 0 Å². The molecule has 1 aliphatic heterocycles. The fraction of sp³-hybridized carbons (Fsp3) is 0.438. The molecular weight excluding hydrogens is 266 g/mol. The highest BCUT2D eigenvalue weighted by Crippen LogP contribution is 2.35. The highest BCUT2D eigenvalue weighted by molar-refractivity contribution is 7.15. The number of nitrogens with one attached hydrogen (secondary N) is 1. The van der Waals surface area contributed by atoms with Gasteiger partial charge in [0.2, 0.25) is 0 Å². The fourth-order valence-corrected chi connectivity index (χ4v) is 3.89. The number of anilines is 1. The number of thiazole rings is 1. The first-order valence-corrected chi connectivity index (χ1v) is 7.91. The number of nitrogens with zero attached hydrogens (tertiary/aromatic N) is 2. The van der Waals surface area contributed by atoms with Crippen molar-refractivity contribution in [1.29, 1.82) is 0 Å². The smallest absolute Gasteiger partial charge is 0.123 e. The summed E-state index contributed by atoms with van der Waals surface area (Å²) in [4.78, 5) is 8.41. The molecule has 1 aliphatic rings. The minimum atomic E-state index is 0.363. The first kappa shape index (κ1) is 13.6. The van der Waals surface area contributed by atoms with Crippen molar-refractivity contribution < 1.29 is 0 Å². The van der Waals surface area contributed by atoms with E-state index in [0.717, 1.165) is 23.7 Å². The highest BCUT2D eigenvalue weighted by atomic mass is 32.1. The van der Waals surface area contributed by atoms with Crippen LogP contribution < -0.4 is 10.2 Å². The molecule has 106 valence electrons. The lowest BCUT2D eigenvalue weighted by molar-refractivity contribution is 0.658. The summed E-state index contributed by atoms with van der Waals surface area (Å²) in [6, 6.07) is 7.11. The van der Waals surface area contributed by atoms with E-state index in [1.165, 1.54) is 21.7 Å². The fourth-order valence-electron chi connectivity index (χ4n) is 2.76. The predicted octanol–water partition coefficient (Wildman–Crippen LogP) is 3.39. The largest absolute Gasteiger partial charge is 0.374 e. The standard InChI is InChI=1S/C16H21N3S/c1-10(17-3)15-11(2)18-16(20-15)13-5-6-14-12(9-13)7-8-19(14)4/h5-6,9-10,17H,7-8H2,1-4H3. The molecule has 3 rings (SSSR count). The van der Waals surface area contributed by atoms with E-state index in [1.807, 2.05) is 7.05 Å². The van der Waals surface area contributed by atoms with Gasteiger partial charge in [0.25, 0.3) is 0 Å². The summed E-state index contributed by atoms with van der Waals surface area (Å²) in [5, 5.41) is 4.43. The molecular formula is C16H21N3S. The number of fused-ring (bicyclic) bond motifs is 1. The molecule has 2 aromatic rings. The quantitative estimate of drug-likeness (QED) is 0.938. The third-order valence-electron chi connectivity index (χ3n) is 4.11. The molecule has 0 saturated heterocycles. The van der Waals surface area contributed by atoms with Crippen molar-refractivity contribution in [3.05, 3.63) is 34.3 Å². The van der Waals surface area contributed by atoms with Gasteiger partial charge in [0.1, 0.15) is 5.01 Å². The second-order valence-electron chi connectivity index (χ2n) is 5.49. The van der Waals surface area contributed by atoms with Gasteiger partial charge in [-0.15, -0.1) is 11.3 Å². The van der Waals surface area contributed by atoms with E-state index in [2.05, 4.69) is 49.3 Å². The molecule has 0 aliphatic carbocycles. The Labute approximate surface area is 124 Å². The summed E-state index contributed by atoms with van der Waals surface area (Å²) >= 11 is 1.80. The Kier molecular flexibility index (Phi) is 3.52. The Balaban J connectivity index is 1.98. The van der Waals surface area contributed by atoms with Gasteiger partial charge < -0.3 is 10.2 Å². The molecule has 1 aromatic carbocycles. The highest BCUT2D eigenvalue weighted by Gasteiger charge is 2.18. The summed E-state index contributed by atoms with van der Waals surface area (Å²) in [6.07, 6.45) is 1.14. The summed E-state index contributed by atoms with van der Waals surface area (Å²) in [5.41, 5.74) is 5.21. The summed E-state index contributed by atoms with van der Waals surface area (Å²) in [7, 11) is 4.15. The van der Waals surface area contributed by atoms with Gasteiger partial charge in [-0.25, -0.2) is 4.98 Å². The lowest BCUT2D eigenvalue weighted by Crippen LogP contribution is -2.12. The van der Waals surface area contributed by atoms with Crippen molar-refractivity contribution in [1.82, 2.24) is 10.3 Å². The van der Waals surface area contributed by atoms with Crippen molar-refractivity contribution in [2.45, 2.75) is 26.3 Å². The zero-order valence-electron chi connectivity index (χ0n) is 12.5. The number of likely N-dealkylation sites (N-methyl/N-ethyl adjacent to an activating group) is 1. The lowest BCUT2D eigenvalue weighted by atomic mass is 10.1. The van der Waals surface area contributed by atoms with E-state index in [0.29, 0.717) is 6.04 Å². The van der Waals surface area contributed by atoms with E-state index in [-0.39, 0.29) is 0 Å². The number of hydrogen-bond donors (Lipinski definition) is 1. The number of aryl methyl sites for hydroxylation is 1. The summed E-state index contributed by atoms with van der Waals surface area (Å²) < 4.78 is 0. The molecule has 0 saturated carbocycles. The van der Waals surface area contributed by atoms with E-state index >= 15 is 0 Å². The number of aromatic nitrogens is 1. The summed E-state index contributed by atoms with van der Waals surface area (Å²) in [6.45, 7) is 5.41. The Morgan fingerprint density at radius 3 is 2.95 bits per heavy atom. The average molecular weight is 287 g/mol. The monoisotopic (exact) mass is 287 g/mol. The van der Waals surface area contributed by atoms with Gasteiger partial charge in [0, 0.05) is 35.8 Å². The minimum absolute atomic E-state index is 0.363. The first-order chi connectivity index (χ1) is 9.60. The normalized spacial score (nSPS) is 15.5. The Morgan fingerprint density at radius 2 is 2.20 bits per heavy atom. The Bertz CT molecular complexity index is 633. The van der Waals surface area contributed by atoms with E-state index < -0.39 is 0 Å². The van der Waals surface area contributed by atoms with Crippen LogP contribution in [0.3, 0.4) is 0 Å². The van der Waals surface area contributed by atoms with Crippen LogP contribution in [-0.4, -0.2) is 25.6 Å². The third-order valence-corrected chi connectivity index (χ3v) is 5.50. The van der Waals surface area contributed by atoms with E-state index in [4.69, 9.17) is 4.98 Å². The van der Waals surface area contributed by atoms with Crippen molar-refractivity contribution in [3.63, 3.8) is 0 Å². The van der Waals surface area contributed by atoms with E-state index in [1.54, 1.807) is 11.3 Å². The van der Waals surface area contributed by atoms with Gasteiger partial charge in [0.05, 0.1) is 5.69 Å². The molecule has 4 heteroatoms. The van der Waals surface area contributed by atoms with Crippen LogP contribution in [0.5, 0.6) is 0 Å². The van der Waals surface area contributed by atoms with Crippen LogP contribution in [0.1, 0.15) is 29.1 Å². The molecule has 1 N–H and O–H groups in total. The van der Waals surface area contributed by atoms with E-state index in [9.17, 15) is 0 Å². The van der Waals surface area contributed by atoms with Crippen LogP contribution in [0.15, 0.2) is 18.2 Å². The van der Waals surface area contributed by atoms with Crippen molar-refractivity contribution in [3.8, 4) is 10.6 Å². The first-order valence-electron chi connectivity index (χ1n) is 7.09. The minimum Gasteiger partial charge on any atom is -0.374 e. The average Bonchev–Trinajstić information content (AvgIpc) is 3.02. The number of benzene rings is 1. The van der Waals surface area contributed by atoms with Crippen molar-refractivity contribution in [2.24, 2.45) is 0 Å². The summed E-state index contributed by atoms with van der Waals surface area (Å²) in [5.74, 6) is 0. The Hall–Kier alpha value is -1.39. The zero-order valence-corrected chi connectivity index (χ0v) is 13.3. The van der Waals surface area contributed by atoms with Gasteiger partial charge in [-0.1, -0.05) is 0 Å². The predicted molar refractivity (Wildman–Crippen MR) is 86.7 cm³/mol. The van der Waals surface area contributed by atoms with Crippen LogP contribution >= 0.6 is 11.3 Å². The van der Waals surface area contributed by atoms with Crippen LogP contribution in [0, 0.1) is 6.92 Å². The maximum Gasteiger partial charge on any atom is 0.123 e. The molecule has 0 spiro atoms. The molecule has 0 bridgehead atoms. The number of hydrogen-bond acceptors (Lipinski definition) is 4. The molecule has 0 radical (unpaired) electrons. The second kappa shape index (κ2) is 5.19. The van der Waals surface area contributed by atoms with Crippen LogP contribution in [0.25, 0.3) is 10.6 Å². The van der Waals surface area contributed by atoms with Gasteiger partial charge in [-0.05, 0) is 51.1 Å². The zero-order chi connectivity index (χ0) is 14.3. The number of rotatable bonds is 3. The van der Waals surface area contributed by atoms with Crippen molar-refractivity contribution in [2.75, 3.05) is 25.5 Å². The maximum absolute atomic E-state index is 4.76. The molecule has 1 atom stereocenters. The molecule has 20 heavy (non-hydrogen) atoms. The molecule has 3 nitrogen and oxygen atoms in total. The maximum atomic E-state index is 4.76.